The molecule has 0 bridgehead atoms. The number of pyridine rings is 1. The second kappa shape index (κ2) is 5.10. The van der Waals surface area contributed by atoms with Crippen LogP contribution in [0.1, 0.15) is 19.4 Å². The van der Waals surface area contributed by atoms with E-state index in [0.29, 0.717) is 30.0 Å². The number of fused-ring (bicyclic) bond motifs is 2. The fourth-order valence-electron chi connectivity index (χ4n) is 4.04. The maximum atomic E-state index is 15.0. The van der Waals surface area contributed by atoms with Crippen molar-refractivity contribution in [1.82, 2.24) is 9.72 Å². The molecule has 1 aromatic carbocycles. The number of ether oxygens (including phenoxy) is 1. The van der Waals surface area contributed by atoms with Crippen molar-refractivity contribution in [2.75, 3.05) is 24.6 Å². The summed E-state index contributed by atoms with van der Waals surface area (Å²) in [6.45, 7) is 3.28. The number of nitrogens with two attached hydrogens (primary N) is 1. The molecule has 0 spiro atoms. The normalized spacial score (nSPS) is 22.3. The van der Waals surface area contributed by atoms with Crippen LogP contribution >= 0.6 is 0 Å². The first-order valence-electron chi connectivity index (χ1n) is 8.52. The molecule has 136 valence electrons. The van der Waals surface area contributed by atoms with Gasteiger partial charge in [0.05, 0.1) is 11.4 Å². The van der Waals surface area contributed by atoms with E-state index in [2.05, 4.69) is 5.16 Å². The van der Waals surface area contributed by atoms with Gasteiger partial charge in [-0.05, 0) is 19.4 Å². The van der Waals surface area contributed by atoms with Gasteiger partial charge in [-0.2, -0.15) is 5.16 Å². The van der Waals surface area contributed by atoms with Gasteiger partial charge in [-0.1, -0.05) is 0 Å². The van der Waals surface area contributed by atoms with E-state index < -0.39 is 16.8 Å². The van der Waals surface area contributed by atoms with Crippen molar-refractivity contribution in [3.63, 3.8) is 0 Å². The monoisotopic (exact) mass is 360 g/mol. The number of halogens is 1. The van der Waals surface area contributed by atoms with Crippen LogP contribution in [-0.2, 0) is 0 Å². The summed E-state index contributed by atoms with van der Waals surface area (Å²) in [5, 5.41) is 2.21. The number of aromatic nitrogens is 2. The zero-order valence-corrected chi connectivity index (χ0v) is 14.0. The van der Waals surface area contributed by atoms with Crippen LogP contribution in [0.15, 0.2) is 20.2 Å². The van der Waals surface area contributed by atoms with Crippen molar-refractivity contribution >= 4 is 27.7 Å². The smallest absolute Gasteiger partial charge is 0.293 e. The molecule has 3 aromatic rings. The van der Waals surface area contributed by atoms with Gasteiger partial charge in [-0.3, -0.25) is 14.2 Å². The molecule has 0 amide bonds. The molecule has 9 heteroatoms. The molecule has 2 unspecified atom stereocenters. The summed E-state index contributed by atoms with van der Waals surface area (Å²) in [5.74, 6) is -0.255. The van der Waals surface area contributed by atoms with Gasteiger partial charge in [0.1, 0.15) is 17.8 Å². The predicted molar refractivity (Wildman–Crippen MR) is 93.6 cm³/mol. The average Bonchev–Trinajstić information content (AvgIpc) is 3.19. The Morgan fingerprint density at radius 3 is 2.92 bits per heavy atom. The molecule has 2 atom stereocenters. The van der Waals surface area contributed by atoms with Crippen molar-refractivity contribution in [2.45, 2.75) is 25.4 Å². The van der Waals surface area contributed by atoms with E-state index in [9.17, 15) is 14.0 Å². The van der Waals surface area contributed by atoms with Gasteiger partial charge in [0.2, 0.25) is 11.1 Å². The first-order valence-corrected chi connectivity index (χ1v) is 8.52. The third kappa shape index (κ3) is 1.86. The minimum absolute atomic E-state index is 0.0350. The highest BCUT2D eigenvalue weighted by Gasteiger charge is 2.33. The van der Waals surface area contributed by atoms with E-state index in [0.717, 1.165) is 6.42 Å². The van der Waals surface area contributed by atoms with Crippen LogP contribution in [0, 0.1) is 5.82 Å². The largest absolute Gasteiger partial charge is 0.487 e. The van der Waals surface area contributed by atoms with Crippen LogP contribution in [0.4, 0.5) is 10.1 Å². The summed E-state index contributed by atoms with van der Waals surface area (Å²) in [4.78, 5) is 26.7. The number of aromatic amines is 1. The topological polar surface area (TPSA) is 106 Å². The number of rotatable bonds is 1. The minimum Gasteiger partial charge on any atom is -0.487 e. The highest BCUT2D eigenvalue weighted by Crippen LogP contribution is 2.43. The molecule has 1 fully saturated rings. The van der Waals surface area contributed by atoms with Crippen LogP contribution < -0.4 is 26.4 Å². The van der Waals surface area contributed by atoms with Gasteiger partial charge in [0.25, 0.3) is 5.56 Å². The molecule has 2 aliphatic rings. The Morgan fingerprint density at radius 2 is 2.19 bits per heavy atom. The molecular formula is C17H17FN4O4. The van der Waals surface area contributed by atoms with Gasteiger partial charge < -0.3 is 19.9 Å². The third-order valence-electron chi connectivity index (χ3n) is 5.25. The first-order chi connectivity index (χ1) is 12.5. The molecule has 4 heterocycles. The Balaban J connectivity index is 1.95. The summed E-state index contributed by atoms with van der Waals surface area (Å²) in [5.41, 5.74) is 5.69. The first kappa shape index (κ1) is 15.4. The Hall–Kier alpha value is -2.81. The summed E-state index contributed by atoms with van der Waals surface area (Å²) in [7, 11) is 0. The van der Waals surface area contributed by atoms with Crippen LogP contribution in [-0.4, -0.2) is 35.5 Å². The number of hydrogen-bond acceptors (Lipinski definition) is 6. The highest BCUT2D eigenvalue weighted by molar-refractivity contribution is 5.98. The van der Waals surface area contributed by atoms with E-state index in [1.54, 1.807) is 4.57 Å². The number of benzene rings is 1. The van der Waals surface area contributed by atoms with Gasteiger partial charge in [-0.25, -0.2) is 4.39 Å². The lowest BCUT2D eigenvalue weighted by Gasteiger charge is -2.30. The second-order valence-corrected chi connectivity index (χ2v) is 7.00. The lowest BCUT2D eigenvalue weighted by Crippen LogP contribution is -2.30. The third-order valence-corrected chi connectivity index (χ3v) is 5.25. The van der Waals surface area contributed by atoms with Crippen molar-refractivity contribution in [3.05, 3.63) is 32.5 Å². The SMILES string of the molecule is CC1COc2c(N3CCC(N)C3)c(F)cc3c(=O)c4c(=O)[nH]oc4n1c23. The Bertz CT molecular complexity index is 1180. The fourth-order valence-corrected chi connectivity index (χ4v) is 4.04. The van der Waals surface area contributed by atoms with E-state index in [1.807, 2.05) is 11.8 Å². The molecule has 0 saturated carbocycles. The summed E-state index contributed by atoms with van der Waals surface area (Å²) >= 11 is 0. The van der Waals surface area contributed by atoms with Gasteiger partial charge in [0, 0.05) is 19.1 Å². The highest BCUT2D eigenvalue weighted by atomic mass is 19.1. The van der Waals surface area contributed by atoms with Crippen molar-refractivity contribution in [1.29, 1.82) is 0 Å². The number of anilines is 1. The number of hydrogen-bond donors (Lipinski definition) is 2. The Kier molecular flexibility index (Phi) is 3.03. The zero-order valence-electron chi connectivity index (χ0n) is 14.0. The molecule has 8 nitrogen and oxygen atoms in total. The lowest BCUT2D eigenvalue weighted by molar-refractivity contribution is 0.244. The quantitative estimate of drug-likeness (QED) is 0.672. The molecule has 2 aliphatic heterocycles. The van der Waals surface area contributed by atoms with Crippen LogP contribution in [0.2, 0.25) is 0 Å². The lowest BCUT2D eigenvalue weighted by atomic mass is 10.1. The number of nitrogens with zero attached hydrogens (tertiary/aromatic N) is 2. The maximum Gasteiger partial charge on any atom is 0.293 e. The Morgan fingerprint density at radius 1 is 1.38 bits per heavy atom. The molecule has 1 saturated heterocycles. The van der Waals surface area contributed by atoms with Crippen LogP contribution in [0.25, 0.3) is 22.0 Å². The summed E-state index contributed by atoms with van der Waals surface area (Å²) in [6.07, 6.45) is 0.756. The molecular weight excluding hydrogens is 343 g/mol. The van der Waals surface area contributed by atoms with E-state index in [4.69, 9.17) is 15.0 Å². The van der Waals surface area contributed by atoms with Gasteiger partial charge in [0.15, 0.2) is 17.0 Å². The number of H-pyrrole nitrogens is 1. The average molecular weight is 360 g/mol. The molecule has 5 rings (SSSR count). The van der Waals surface area contributed by atoms with E-state index in [1.165, 1.54) is 6.07 Å². The molecule has 2 aromatic heterocycles. The second-order valence-electron chi connectivity index (χ2n) is 7.00. The standard InChI is InChI=1S/C17H17FN4O4/c1-7-6-25-15-12-9(4-10(18)13(15)21-3-2-8(19)5-21)14(23)11-16(24)20-26-17(11)22(7)12/h4,7-8H,2-3,5-6,19H2,1H3,(H,20,24). The van der Waals surface area contributed by atoms with Gasteiger partial charge in [-0.15, -0.1) is 0 Å². The molecule has 26 heavy (non-hydrogen) atoms. The molecule has 3 N–H and O–H groups in total. The van der Waals surface area contributed by atoms with E-state index in [-0.39, 0.29) is 35.2 Å². The summed E-state index contributed by atoms with van der Waals surface area (Å²) < 4.78 is 27.9. The molecule has 0 radical (unpaired) electrons. The minimum atomic E-state index is -0.620. The van der Waals surface area contributed by atoms with Crippen LogP contribution in [0.3, 0.4) is 0 Å². The number of nitrogens with one attached hydrogen (secondary N) is 1. The Labute approximate surface area is 145 Å². The zero-order chi connectivity index (χ0) is 18.2. The molecule has 0 aliphatic carbocycles. The van der Waals surface area contributed by atoms with E-state index >= 15 is 0 Å². The van der Waals surface area contributed by atoms with Crippen LogP contribution in [0.5, 0.6) is 5.75 Å². The predicted octanol–water partition coefficient (Wildman–Crippen LogP) is 1.07. The summed E-state index contributed by atoms with van der Waals surface area (Å²) in [6, 6.07) is 0.961. The van der Waals surface area contributed by atoms with Crippen molar-refractivity contribution < 1.29 is 13.7 Å². The van der Waals surface area contributed by atoms with Gasteiger partial charge >= 0.3 is 0 Å². The maximum absolute atomic E-state index is 15.0. The fraction of sp³-hybridized carbons (Fsp3) is 0.412. The van der Waals surface area contributed by atoms with Crippen molar-refractivity contribution in [3.8, 4) is 5.75 Å². The van der Waals surface area contributed by atoms with Crippen molar-refractivity contribution in [2.24, 2.45) is 5.73 Å².